The van der Waals surface area contributed by atoms with Gasteiger partial charge in [0.15, 0.2) is 0 Å². The first kappa shape index (κ1) is 16.4. The summed E-state index contributed by atoms with van der Waals surface area (Å²) < 4.78 is 2.96. The second kappa shape index (κ2) is 6.56. The van der Waals surface area contributed by atoms with Gasteiger partial charge < -0.3 is 14.6 Å². The van der Waals surface area contributed by atoms with E-state index in [1.807, 2.05) is 6.92 Å². The molecule has 3 heterocycles. The predicted molar refractivity (Wildman–Crippen MR) is 86.2 cm³/mol. The number of aliphatic hydroxyl groups is 1. The lowest BCUT2D eigenvalue weighted by atomic mass is 9.92. The Morgan fingerprint density at radius 3 is 2.96 bits per heavy atom. The van der Waals surface area contributed by atoms with Gasteiger partial charge in [-0.05, 0) is 31.4 Å². The van der Waals surface area contributed by atoms with Crippen molar-refractivity contribution in [2.45, 2.75) is 38.5 Å². The lowest BCUT2D eigenvalue weighted by molar-refractivity contribution is -0.140. The van der Waals surface area contributed by atoms with Crippen molar-refractivity contribution >= 4 is 5.91 Å². The highest BCUT2D eigenvalue weighted by Gasteiger charge is 2.35. The van der Waals surface area contributed by atoms with Gasteiger partial charge in [0.25, 0.3) is 5.56 Å². The minimum atomic E-state index is -1.03. The molecule has 8 nitrogen and oxygen atoms in total. The van der Waals surface area contributed by atoms with Gasteiger partial charge in [-0.3, -0.25) is 9.59 Å². The lowest BCUT2D eigenvalue weighted by Gasteiger charge is -2.39. The van der Waals surface area contributed by atoms with E-state index in [-0.39, 0.29) is 24.6 Å². The van der Waals surface area contributed by atoms with Crippen LogP contribution in [-0.2, 0) is 17.9 Å². The molecule has 0 spiro atoms. The molecule has 2 aromatic heterocycles. The van der Waals surface area contributed by atoms with Crippen LogP contribution in [0, 0.1) is 6.92 Å². The van der Waals surface area contributed by atoms with Crippen molar-refractivity contribution in [2.24, 2.45) is 0 Å². The standard InChI is InChI=1S/C16H21N5O3/c1-13-3-7-19(14(22)9-13)10-15(23)20-6-2-4-16(24,11-20)12-21-8-5-17-18-21/h3,5,7-9,24H,2,4,6,10-12H2,1H3. The zero-order chi connectivity index (χ0) is 17.2. The van der Waals surface area contributed by atoms with E-state index in [1.165, 1.54) is 10.6 Å². The molecule has 0 bridgehead atoms. The van der Waals surface area contributed by atoms with E-state index >= 15 is 0 Å². The summed E-state index contributed by atoms with van der Waals surface area (Å²) in [6.45, 7) is 2.92. The third-order valence-corrected chi connectivity index (χ3v) is 4.29. The number of aryl methyl sites for hydroxylation is 1. The molecule has 0 aromatic carbocycles. The van der Waals surface area contributed by atoms with Crippen LogP contribution in [0.1, 0.15) is 18.4 Å². The second-order valence-corrected chi connectivity index (χ2v) is 6.41. The third-order valence-electron chi connectivity index (χ3n) is 4.29. The number of nitrogens with zero attached hydrogens (tertiary/aromatic N) is 5. The largest absolute Gasteiger partial charge is 0.386 e. The van der Waals surface area contributed by atoms with Crippen LogP contribution in [0.2, 0.25) is 0 Å². The fraction of sp³-hybridized carbons (Fsp3) is 0.500. The van der Waals surface area contributed by atoms with Crippen LogP contribution < -0.4 is 5.56 Å². The fourth-order valence-corrected chi connectivity index (χ4v) is 3.06. The minimum absolute atomic E-state index is 0.0154. The van der Waals surface area contributed by atoms with E-state index in [0.29, 0.717) is 25.9 Å². The Morgan fingerprint density at radius 1 is 1.42 bits per heavy atom. The molecule has 24 heavy (non-hydrogen) atoms. The smallest absolute Gasteiger partial charge is 0.251 e. The number of hydrogen-bond donors (Lipinski definition) is 1. The zero-order valence-electron chi connectivity index (χ0n) is 13.6. The molecule has 128 valence electrons. The zero-order valence-corrected chi connectivity index (χ0v) is 13.6. The van der Waals surface area contributed by atoms with E-state index < -0.39 is 5.60 Å². The van der Waals surface area contributed by atoms with E-state index in [0.717, 1.165) is 5.56 Å². The molecule has 0 aliphatic carbocycles. The number of hydrogen-bond acceptors (Lipinski definition) is 5. The van der Waals surface area contributed by atoms with Crippen LogP contribution in [0.25, 0.3) is 0 Å². The van der Waals surface area contributed by atoms with Gasteiger partial charge >= 0.3 is 0 Å². The summed E-state index contributed by atoms with van der Waals surface area (Å²) >= 11 is 0. The van der Waals surface area contributed by atoms with E-state index in [9.17, 15) is 14.7 Å². The normalized spacial score (nSPS) is 21.0. The third kappa shape index (κ3) is 3.70. The fourth-order valence-electron chi connectivity index (χ4n) is 3.06. The molecule has 1 N–H and O–H groups in total. The summed E-state index contributed by atoms with van der Waals surface area (Å²) in [7, 11) is 0. The monoisotopic (exact) mass is 331 g/mol. The molecule has 1 saturated heterocycles. The highest BCUT2D eigenvalue weighted by Crippen LogP contribution is 2.23. The Labute approximate surface area is 139 Å². The van der Waals surface area contributed by atoms with Gasteiger partial charge in [0.05, 0.1) is 19.3 Å². The maximum Gasteiger partial charge on any atom is 0.251 e. The van der Waals surface area contributed by atoms with Gasteiger partial charge in [-0.1, -0.05) is 5.21 Å². The Balaban J connectivity index is 1.67. The molecule has 1 amide bonds. The van der Waals surface area contributed by atoms with Gasteiger partial charge in [-0.25, -0.2) is 4.68 Å². The molecule has 0 radical (unpaired) electrons. The van der Waals surface area contributed by atoms with Crippen LogP contribution in [0.4, 0.5) is 0 Å². The molecular weight excluding hydrogens is 310 g/mol. The maximum absolute atomic E-state index is 12.5. The molecule has 1 aliphatic rings. The summed E-state index contributed by atoms with van der Waals surface area (Å²) in [4.78, 5) is 26.1. The van der Waals surface area contributed by atoms with Gasteiger partial charge in [0.2, 0.25) is 5.91 Å². The second-order valence-electron chi connectivity index (χ2n) is 6.41. The molecule has 8 heteroatoms. The molecule has 1 fully saturated rings. The van der Waals surface area contributed by atoms with Crippen LogP contribution >= 0.6 is 0 Å². The predicted octanol–water partition coefficient (Wildman–Crippen LogP) is -0.198. The number of carbonyl (C=O) groups is 1. The number of aromatic nitrogens is 4. The first-order chi connectivity index (χ1) is 11.5. The molecule has 1 unspecified atom stereocenters. The first-order valence-electron chi connectivity index (χ1n) is 7.97. The van der Waals surface area contributed by atoms with E-state index in [1.54, 1.807) is 34.2 Å². The van der Waals surface area contributed by atoms with Crippen molar-refractivity contribution in [1.82, 2.24) is 24.5 Å². The summed E-state index contributed by atoms with van der Waals surface area (Å²) in [6.07, 6.45) is 6.17. The Bertz CT molecular complexity index is 770. The molecule has 3 rings (SSSR count). The number of pyridine rings is 1. The van der Waals surface area contributed by atoms with Crippen molar-refractivity contribution in [3.8, 4) is 0 Å². The number of piperidine rings is 1. The quantitative estimate of drug-likeness (QED) is 0.838. The van der Waals surface area contributed by atoms with Crippen LogP contribution in [0.3, 0.4) is 0 Å². The molecule has 1 aliphatic heterocycles. The van der Waals surface area contributed by atoms with Crippen LogP contribution in [0.15, 0.2) is 35.5 Å². The van der Waals surface area contributed by atoms with Gasteiger partial charge in [0, 0.05) is 25.0 Å². The number of β-amino-alcohol motifs (C(OH)–C–C–N with tert-alkyl or cyclic N) is 1. The van der Waals surface area contributed by atoms with Gasteiger partial charge in [-0.2, -0.15) is 0 Å². The van der Waals surface area contributed by atoms with E-state index in [2.05, 4.69) is 10.3 Å². The molecule has 2 aromatic rings. The summed E-state index contributed by atoms with van der Waals surface area (Å²) in [5, 5.41) is 18.4. The van der Waals surface area contributed by atoms with Crippen molar-refractivity contribution in [3.63, 3.8) is 0 Å². The Kier molecular flexibility index (Phi) is 4.48. The van der Waals surface area contributed by atoms with E-state index in [4.69, 9.17) is 0 Å². The number of amides is 1. The van der Waals surface area contributed by atoms with Crippen LogP contribution in [0.5, 0.6) is 0 Å². The summed E-state index contributed by atoms with van der Waals surface area (Å²) in [5.74, 6) is -0.169. The van der Waals surface area contributed by atoms with Gasteiger partial charge in [-0.15, -0.1) is 5.10 Å². The Morgan fingerprint density at radius 2 is 2.25 bits per heavy atom. The topological polar surface area (TPSA) is 93.2 Å². The minimum Gasteiger partial charge on any atom is -0.386 e. The molecular formula is C16H21N5O3. The van der Waals surface area contributed by atoms with Crippen molar-refractivity contribution < 1.29 is 9.90 Å². The average Bonchev–Trinajstić information content (AvgIpc) is 3.02. The number of carbonyl (C=O) groups excluding carboxylic acids is 1. The van der Waals surface area contributed by atoms with Gasteiger partial charge in [0.1, 0.15) is 12.1 Å². The summed E-state index contributed by atoms with van der Waals surface area (Å²) in [6, 6.07) is 3.30. The number of likely N-dealkylation sites (tertiary alicyclic amines) is 1. The maximum atomic E-state index is 12.5. The first-order valence-corrected chi connectivity index (χ1v) is 7.97. The van der Waals surface area contributed by atoms with Crippen molar-refractivity contribution in [2.75, 3.05) is 13.1 Å². The molecule has 0 saturated carbocycles. The van der Waals surface area contributed by atoms with Crippen molar-refractivity contribution in [3.05, 3.63) is 46.6 Å². The number of rotatable bonds is 4. The van der Waals surface area contributed by atoms with Crippen LogP contribution in [-0.4, -0.2) is 54.2 Å². The SMILES string of the molecule is Cc1ccn(CC(=O)N2CCCC(O)(Cn3ccnn3)C2)c(=O)c1. The Hall–Kier alpha value is -2.48. The summed E-state index contributed by atoms with van der Waals surface area (Å²) in [5.41, 5.74) is -0.359. The van der Waals surface area contributed by atoms with Crippen molar-refractivity contribution in [1.29, 1.82) is 0 Å². The average molecular weight is 331 g/mol. The highest BCUT2D eigenvalue weighted by atomic mass is 16.3. The highest BCUT2D eigenvalue weighted by molar-refractivity contribution is 5.76. The lowest BCUT2D eigenvalue weighted by Crippen LogP contribution is -2.53. The molecule has 1 atom stereocenters.